The van der Waals surface area contributed by atoms with Crippen LogP contribution in [0.15, 0.2) is 0 Å². The van der Waals surface area contributed by atoms with Crippen molar-refractivity contribution in [2.75, 3.05) is 27.2 Å². The molecule has 0 heterocycles. The Morgan fingerprint density at radius 1 is 1.38 bits per heavy atom. The van der Waals surface area contributed by atoms with E-state index in [9.17, 15) is 4.79 Å². The molecular formula is C12H23N3O. The minimum atomic E-state index is -0.520. The fourth-order valence-electron chi connectivity index (χ4n) is 1.39. The van der Waals surface area contributed by atoms with E-state index >= 15 is 0 Å². The van der Waals surface area contributed by atoms with Crippen LogP contribution in [0.2, 0.25) is 0 Å². The molecule has 1 N–H and O–H groups in total. The van der Waals surface area contributed by atoms with E-state index in [1.165, 1.54) is 0 Å². The summed E-state index contributed by atoms with van der Waals surface area (Å²) in [6.07, 6.45) is 2.02. The topological polar surface area (TPSA) is 56.1 Å². The summed E-state index contributed by atoms with van der Waals surface area (Å²) in [4.78, 5) is 13.7. The van der Waals surface area contributed by atoms with E-state index in [4.69, 9.17) is 5.26 Å². The molecule has 0 saturated carbocycles. The van der Waals surface area contributed by atoms with Gasteiger partial charge in [0.1, 0.15) is 5.92 Å². The van der Waals surface area contributed by atoms with E-state index in [-0.39, 0.29) is 11.8 Å². The second-order valence-electron chi connectivity index (χ2n) is 4.65. The molecule has 0 aliphatic rings. The lowest BCUT2D eigenvalue weighted by Crippen LogP contribution is -2.33. The lowest BCUT2D eigenvalue weighted by Gasteiger charge is -2.13. The number of carbonyl (C=O) groups is 1. The Bertz CT molecular complexity index is 243. The number of unbranched alkanes of at least 4 members (excludes halogenated alkanes) is 1. The van der Waals surface area contributed by atoms with Crippen LogP contribution in [0.4, 0.5) is 0 Å². The van der Waals surface area contributed by atoms with Gasteiger partial charge in [-0.15, -0.1) is 0 Å². The summed E-state index contributed by atoms with van der Waals surface area (Å²) in [5.41, 5.74) is 0. The van der Waals surface area contributed by atoms with Crippen LogP contribution in [0, 0.1) is 23.2 Å². The van der Waals surface area contributed by atoms with E-state index in [2.05, 4.69) is 10.2 Å². The number of nitriles is 1. The summed E-state index contributed by atoms with van der Waals surface area (Å²) in [5.74, 6) is -0.581. The van der Waals surface area contributed by atoms with Crippen LogP contribution in [0.25, 0.3) is 0 Å². The molecule has 0 aromatic carbocycles. The van der Waals surface area contributed by atoms with Crippen molar-refractivity contribution in [1.29, 1.82) is 5.26 Å². The van der Waals surface area contributed by atoms with Crippen molar-refractivity contribution in [1.82, 2.24) is 10.2 Å². The smallest absolute Gasteiger partial charge is 0.237 e. The minimum Gasteiger partial charge on any atom is -0.355 e. The van der Waals surface area contributed by atoms with Gasteiger partial charge in [0.05, 0.1) is 6.07 Å². The van der Waals surface area contributed by atoms with Crippen molar-refractivity contribution in [3.63, 3.8) is 0 Å². The zero-order chi connectivity index (χ0) is 12.6. The molecule has 0 radical (unpaired) electrons. The molecule has 0 rings (SSSR count). The van der Waals surface area contributed by atoms with Crippen LogP contribution in [-0.2, 0) is 4.79 Å². The third-order valence-corrected chi connectivity index (χ3v) is 2.42. The average Bonchev–Trinajstić information content (AvgIpc) is 2.17. The van der Waals surface area contributed by atoms with Crippen LogP contribution in [-0.4, -0.2) is 38.0 Å². The molecule has 0 spiro atoms. The number of hydrogen-bond donors (Lipinski definition) is 1. The normalized spacial score (nSPS) is 12.6. The third-order valence-electron chi connectivity index (χ3n) is 2.42. The van der Waals surface area contributed by atoms with E-state index in [0.29, 0.717) is 6.54 Å². The van der Waals surface area contributed by atoms with E-state index in [1.54, 1.807) is 0 Å². The molecule has 1 unspecified atom stereocenters. The van der Waals surface area contributed by atoms with Crippen molar-refractivity contribution in [3.8, 4) is 6.07 Å². The third kappa shape index (κ3) is 6.41. The average molecular weight is 225 g/mol. The molecule has 4 nitrogen and oxygen atoms in total. The quantitative estimate of drug-likeness (QED) is 0.663. The van der Waals surface area contributed by atoms with Gasteiger partial charge < -0.3 is 10.2 Å². The number of nitrogens with zero attached hydrogens (tertiary/aromatic N) is 2. The number of hydrogen-bond acceptors (Lipinski definition) is 3. The molecule has 1 atom stereocenters. The largest absolute Gasteiger partial charge is 0.355 e. The Hall–Kier alpha value is -1.08. The van der Waals surface area contributed by atoms with Gasteiger partial charge in [-0.1, -0.05) is 13.8 Å². The first kappa shape index (κ1) is 14.9. The molecule has 0 aromatic rings. The first-order valence-electron chi connectivity index (χ1n) is 5.81. The Kier molecular flexibility index (Phi) is 7.57. The first-order chi connectivity index (χ1) is 7.49. The number of amides is 1. The summed E-state index contributed by atoms with van der Waals surface area (Å²) in [5, 5.41) is 11.6. The number of nitrogens with one attached hydrogen (secondary N) is 1. The fraction of sp³-hybridized carbons (Fsp3) is 0.833. The summed E-state index contributed by atoms with van der Waals surface area (Å²) >= 11 is 0. The molecular weight excluding hydrogens is 202 g/mol. The summed E-state index contributed by atoms with van der Waals surface area (Å²) in [7, 11) is 4.06. The van der Waals surface area contributed by atoms with Crippen molar-refractivity contribution in [2.45, 2.75) is 26.7 Å². The maximum Gasteiger partial charge on any atom is 0.237 e. The van der Waals surface area contributed by atoms with E-state index in [0.717, 1.165) is 19.4 Å². The second-order valence-corrected chi connectivity index (χ2v) is 4.65. The molecule has 4 heteroatoms. The molecule has 0 aromatic heterocycles. The Balaban J connectivity index is 3.69. The van der Waals surface area contributed by atoms with Crippen LogP contribution < -0.4 is 5.32 Å². The van der Waals surface area contributed by atoms with Gasteiger partial charge in [-0.25, -0.2) is 0 Å². The summed E-state index contributed by atoms with van der Waals surface area (Å²) < 4.78 is 0. The molecule has 0 fully saturated rings. The maximum atomic E-state index is 11.6. The Labute approximate surface area is 98.6 Å². The van der Waals surface area contributed by atoms with Crippen LogP contribution in [0.3, 0.4) is 0 Å². The highest BCUT2D eigenvalue weighted by Crippen LogP contribution is 2.09. The predicted octanol–water partition coefficient (Wildman–Crippen LogP) is 1.24. The monoisotopic (exact) mass is 225 g/mol. The van der Waals surface area contributed by atoms with Gasteiger partial charge in [-0.2, -0.15) is 5.26 Å². The number of rotatable bonds is 7. The Morgan fingerprint density at radius 3 is 2.44 bits per heavy atom. The SMILES string of the molecule is CC(C)C(C#N)C(=O)NCCCCN(C)C. The Morgan fingerprint density at radius 2 is 2.00 bits per heavy atom. The zero-order valence-electron chi connectivity index (χ0n) is 10.8. The highest BCUT2D eigenvalue weighted by atomic mass is 16.1. The second kappa shape index (κ2) is 8.12. The minimum absolute atomic E-state index is 0.0757. The van der Waals surface area contributed by atoms with Crippen LogP contribution in [0.5, 0.6) is 0 Å². The van der Waals surface area contributed by atoms with Crippen LogP contribution >= 0.6 is 0 Å². The molecule has 92 valence electrons. The number of carbonyl (C=O) groups excluding carboxylic acids is 1. The van der Waals surface area contributed by atoms with Crippen molar-refractivity contribution >= 4 is 5.91 Å². The molecule has 0 bridgehead atoms. The van der Waals surface area contributed by atoms with Gasteiger partial charge >= 0.3 is 0 Å². The van der Waals surface area contributed by atoms with Gasteiger partial charge in [0.15, 0.2) is 0 Å². The fourth-order valence-corrected chi connectivity index (χ4v) is 1.39. The van der Waals surface area contributed by atoms with Gasteiger partial charge in [0.25, 0.3) is 0 Å². The van der Waals surface area contributed by atoms with Crippen molar-refractivity contribution in [3.05, 3.63) is 0 Å². The van der Waals surface area contributed by atoms with E-state index in [1.807, 2.05) is 34.0 Å². The van der Waals surface area contributed by atoms with Crippen LogP contribution in [0.1, 0.15) is 26.7 Å². The summed E-state index contributed by atoms with van der Waals surface area (Å²) in [6, 6.07) is 2.04. The van der Waals surface area contributed by atoms with Gasteiger partial charge in [0, 0.05) is 6.54 Å². The van der Waals surface area contributed by atoms with Crippen molar-refractivity contribution < 1.29 is 4.79 Å². The lowest BCUT2D eigenvalue weighted by atomic mass is 9.97. The van der Waals surface area contributed by atoms with Crippen molar-refractivity contribution in [2.24, 2.45) is 11.8 Å². The summed E-state index contributed by atoms with van der Waals surface area (Å²) in [6.45, 7) is 5.47. The highest BCUT2D eigenvalue weighted by Gasteiger charge is 2.20. The molecule has 0 aliphatic heterocycles. The molecule has 1 amide bonds. The standard InChI is InChI=1S/C12H23N3O/c1-10(2)11(9-13)12(16)14-7-5-6-8-15(3)4/h10-11H,5-8H2,1-4H3,(H,14,16). The molecule has 0 aliphatic carbocycles. The lowest BCUT2D eigenvalue weighted by molar-refractivity contribution is -0.124. The van der Waals surface area contributed by atoms with Gasteiger partial charge in [-0.05, 0) is 39.4 Å². The van der Waals surface area contributed by atoms with Gasteiger partial charge in [0.2, 0.25) is 5.91 Å². The maximum absolute atomic E-state index is 11.6. The predicted molar refractivity (Wildman–Crippen MR) is 64.7 cm³/mol. The van der Waals surface area contributed by atoms with E-state index < -0.39 is 5.92 Å². The molecule has 16 heavy (non-hydrogen) atoms. The zero-order valence-corrected chi connectivity index (χ0v) is 10.8. The molecule has 0 saturated heterocycles. The highest BCUT2D eigenvalue weighted by molar-refractivity contribution is 5.81. The first-order valence-corrected chi connectivity index (χ1v) is 5.81. The van der Waals surface area contributed by atoms with Gasteiger partial charge in [-0.3, -0.25) is 4.79 Å².